The van der Waals surface area contributed by atoms with Crippen LogP contribution >= 0.6 is 0 Å². The van der Waals surface area contributed by atoms with Crippen LogP contribution in [0.1, 0.15) is 37.2 Å². The van der Waals surface area contributed by atoms with Gasteiger partial charge in [-0.3, -0.25) is 0 Å². The zero-order valence-electron chi connectivity index (χ0n) is 9.08. The second-order valence-corrected chi connectivity index (χ2v) is 4.59. The molecule has 0 unspecified atom stereocenters. The summed E-state index contributed by atoms with van der Waals surface area (Å²) in [4.78, 5) is 0. The molecule has 0 heterocycles. The van der Waals surface area contributed by atoms with Crippen LogP contribution < -0.4 is 0 Å². The normalized spacial score (nSPS) is 26.7. The van der Waals surface area contributed by atoms with Crippen LogP contribution in [0.4, 0.5) is 12.9 Å². The molecule has 0 spiro atoms. The maximum absolute atomic E-state index is 12.9. The lowest BCUT2D eigenvalue weighted by Crippen LogP contribution is -2.31. The SMILES string of the molecule is F[B-](F)(F)[C@@H]1CCCC[C@@H]1c1ccccc1. The van der Waals surface area contributed by atoms with Crippen LogP contribution in [-0.4, -0.2) is 6.98 Å². The molecule has 1 aromatic carbocycles. The van der Waals surface area contributed by atoms with Crippen LogP contribution in [-0.2, 0) is 0 Å². The Kier molecular flexibility index (Phi) is 3.26. The minimum atomic E-state index is -4.71. The van der Waals surface area contributed by atoms with Crippen molar-refractivity contribution in [2.45, 2.75) is 37.4 Å². The van der Waals surface area contributed by atoms with E-state index in [9.17, 15) is 12.9 Å². The van der Waals surface area contributed by atoms with E-state index in [1.54, 1.807) is 0 Å². The molecular formula is C12H15BF3-. The van der Waals surface area contributed by atoms with Crippen molar-refractivity contribution in [2.75, 3.05) is 0 Å². The van der Waals surface area contributed by atoms with Gasteiger partial charge in [-0.2, -0.15) is 0 Å². The van der Waals surface area contributed by atoms with Crippen LogP contribution in [0.25, 0.3) is 0 Å². The molecule has 16 heavy (non-hydrogen) atoms. The minimum Gasteiger partial charge on any atom is -0.449 e. The number of hydrogen-bond donors (Lipinski definition) is 0. The van der Waals surface area contributed by atoms with Gasteiger partial charge >= 0.3 is 6.98 Å². The molecule has 0 aliphatic heterocycles. The predicted molar refractivity (Wildman–Crippen MR) is 60.5 cm³/mol. The Morgan fingerprint density at radius 2 is 1.56 bits per heavy atom. The molecule has 4 heteroatoms. The number of benzene rings is 1. The van der Waals surface area contributed by atoms with Gasteiger partial charge in [0, 0.05) is 0 Å². The van der Waals surface area contributed by atoms with E-state index in [0.29, 0.717) is 12.8 Å². The molecule has 0 amide bonds. The zero-order valence-corrected chi connectivity index (χ0v) is 9.08. The molecular weight excluding hydrogens is 212 g/mol. The highest BCUT2D eigenvalue weighted by molar-refractivity contribution is 6.60. The highest BCUT2D eigenvalue weighted by Crippen LogP contribution is 2.48. The Bertz CT molecular complexity index is 334. The molecule has 0 radical (unpaired) electrons. The highest BCUT2D eigenvalue weighted by Gasteiger charge is 2.41. The van der Waals surface area contributed by atoms with Crippen molar-refractivity contribution >= 4 is 6.98 Å². The predicted octanol–water partition coefficient (Wildman–Crippen LogP) is 4.56. The molecule has 0 aromatic heterocycles. The van der Waals surface area contributed by atoms with Crippen LogP contribution in [0.2, 0.25) is 5.82 Å². The minimum absolute atomic E-state index is 0.309. The van der Waals surface area contributed by atoms with Crippen molar-refractivity contribution in [1.82, 2.24) is 0 Å². The van der Waals surface area contributed by atoms with E-state index in [0.717, 1.165) is 18.4 Å². The van der Waals surface area contributed by atoms with Gasteiger partial charge in [0.05, 0.1) is 0 Å². The first-order valence-corrected chi connectivity index (χ1v) is 5.84. The number of rotatable bonds is 2. The van der Waals surface area contributed by atoms with E-state index in [1.165, 1.54) is 0 Å². The summed E-state index contributed by atoms with van der Waals surface area (Å²) in [6.45, 7) is -4.71. The molecule has 1 fully saturated rings. The summed E-state index contributed by atoms with van der Waals surface area (Å²) in [7, 11) is 0. The first kappa shape index (κ1) is 11.6. The molecule has 2 atom stereocenters. The summed E-state index contributed by atoms with van der Waals surface area (Å²) in [5.74, 6) is -1.40. The molecule has 1 aromatic rings. The monoisotopic (exact) mass is 227 g/mol. The lowest BCUT2D eigenvalue weighted by molar-refractivity contribution is 0.344. The van der Waals surface area contributed by atoms with Crippen LogP contribution in [0.15, 0.2) is 30.3 Å². The summed E-state index contributed by atoms with van der Waals surface area (Å²) in [5, 5.41) is 0. The van der Waals surface area contributed by atoms with Gasteiger partial charge in [-0.1, -0.05) is 55.4 Å². The van der Waals surface area contributed by atoms with Gasteiger partial charge < -0.3 is 12.9 Å². The summed E-state index contributed by atoms with van der Waals surface area (Å²) in [6.07, 6.45) is 2.62. The molecule has 1 aliphatic carbocycles. The summed E-state index contributed by atoms with van der Waals surface area (Å²) >= 11 is 0. The molecule has 2 rings (SSSR count). The van der Waals surface area contributed by atoms with Crippen molar-refractivity contribution in [1.29, 1.82) is 0 Å². The maximum Gasteiger partial charge on any atom is 0.481 e. The first-order chi connectivity index (χ1) is 7.59. The Labute approximate surface area is 93.9 Å². The van der Waals surface area contributed by atoms with Gasteiger partial charge in [0.1, 0.15) is 0 Å². The number of hydrogen-bond acceptors (Lipinski definition) is 0. The third-order valence-corrected chi connectivity index (χ3v) is 3.53. The fraction of sp³-hybridized carbons (Fsp3) is 0.500. The van der Waals surface area contributed by atoms with E-state index in [2.05, 4.69) is 0 Å². The Balaban J connectivity index is 2.24. The topological polar surface area (TPSA) is 0 Å². The van der Waals surface area contributed by atoms with E-state index in [1.807, 2.05) is 30.3 Å². The van der Waals surface area contributed by atoms with Crippen molar-refractivity contribution in [2.24, 2.45) is 0 Å². The van der Waals surface area contributed by atoms with Crippen molar-refractivity contribution < 1.29 is 12.9 Å². The summed E-state index contributed by atoms with van der Waals surface area (Å²) in [6, 6.07) is 9.14. The zero-order chi connectivity index (χ0) is 11.6. The van der Waals surface area contributed by atoms with Gasteiger partial charge in [0.2, 0.25) is 0 Å². The smallest absolute Gasteiger partial charge is 0.449 e. The Morgan fingerprint density at radius 1 is 0.938 bits per heavy atom. The van der Waals surface area contributed by atoms with E-state index < -0.39 is 12.8 Å². The van der Waals surface area contributed by atoms with Gasteiger partial charge in [0.25, 0.3) is 0 Å². The Morgan fingerprint density at radius 3 is 2.19 bits per heavy atom. The second kappa shape index (κ2) is 4.52. The van der Waals surface area contributed by atoms with Gasteiger partial charge in [0.15, 0.2) is 0 Å². The van der Waals surface area contributed by atoms with E-state index in [-0.39, 0.29) is 5.92 Å². The third kappa shape index (κ3) is 2.42. The average Bonchev–Trinajstić information content (AvgIpc) is 2.29. The van der Waals surface area contributed by atoms with E-state index >= 15 is 0 Å². The Hall–Kier alpha value is -0.925. The molecule has 1 aliphatic rings. The van der Waals surface area contributed by atoms with Gasteiger partial charge in [-0.25, -0.2) is 0 Å². The molecule has 0 N–H and O–H groups in total. The highest BCUT2D eigenvalue weighted by atomic mass is 19.4. The van der Waals surface area contributed by atoms with E-state index in [4.69, 9.17) is 0 Å². The lowest BCUT2D eigenvalue weighted by atomic mass is 9.58. The molecule has 1 saturated carbocycles. The first-order valence-electron chi connectivity index (χ1n) is 5.84. The second-order valence-electron chi connectivity index (χ2n) is 4.59. The third-order valence-electron chi connectivity index (χ3n) is 3.53. The average molecular weight is 227 g/mol. The van der Waals surface area contributed by atoms with Gasteiger partial charge in [-0.05, 0) is 17.9 Å². The molecule has 0 saturated heterocycles. The fourth-order valence-corrected chi connectivity index (χ4v) is 2.73. The fourth-order valence-electron chi connectivity index (χ4n) is 2.73. The van der Waals surface area contributed by atoms with Crippen LogP contribution in [0.3, 0.4) is 0 Å². The van der Waals surface area contributed by atoms with Crippen molar-refractivity contribution in [3.8, 4) is 0 Å². The summed E-state index contributed by atoms with van der Waals surface area (Å²) < 4.78 is 38.8. The summed E-state index contributed by atoms with van der Waals surface area (Å²) in [5.41, 5.74) is 0.853. The van der Waals surface area contributed by atoms with Crippen LogP contribution in [0.5, 0.6) is 0 Å². The quantitative estimate of drug-likeness (QED) is 0.649. The largest absolute Gasteiger partial charge is 0.481 e. The molecule has 0 nitrogen and oxygen atoms in total. The molecule has 88 valence electrons. The standard InChI is InChI=1S/C12H15BF3/c14-13(15,16)12-9-5-4-8-11(12)10-6-2-1-3-7-10/h1-3,6-7,11-12H,4-5,8-9H2/q-1/t11-,12-/m1/s1. The van der Waals surface area contributed by atoms with Crippen molar-refractivity contribution in [3.05, 3.63) is 35.9 Å². The van der Waals surface area contributed by atoms with Crippen molar-refractivity contribution in [3.63, 3.8) is 0 Å². The van der Waals surface area contributed by atoms with Gasteiger partial charge in [-0.15, -0.1) is 0 Å². The molecule has 0 bridgehead atoms. The maximum atomic E-state index is 12.9. The lowest BCUT2D eigenvalue weighted by Gasteiger charge is -2.38. The number of halogens is 3. The van der Waals surface area contributed by atoms with Crippen LogP contribution in [0, 0.1) is 0 Å².